The van der Waals surface area contributed by atoms with E-state index in [1.807, 2.05) is 19.3 Å². The Hall–Kier alpha value is -2.67. The Bertz CT molecular complexity index is 647. The average Bonchev–Trinajstić information content (AvgIpc) is 2.82. The summed E-state index contributed by atoms with van der Waals surface area (Å²) in [4.78, 5) is 11.9. The van der Waals surface area contributed by atoms with Gasteiger partial charge in [0.05, 0.1) is 17.8 Å². The zero-order valence-electron chi connectivity index (χ0n) is 9.87. The van der Waals surface area contributed by atoms with E-state index >= 15 is 0 Å². The molecular weight excluding hydrogens is 226 g/mol. The van der Waals surface area contributed by atoms with E-state index in [1.165, 1.54) is 6.08 Å². The highest BCUT2D eigenvalue weighted by molar-refractivity contribution is 6.06. The zero-order chi connectivity index (χ0) is 13.0. The molecule has 0 fully saturated rings. The molecule has 0 radical (unpaired) electrons. The van der Waals surface area contributed by atoms with Crippen molar-refractivity contribution in [2.24, 2.45) is 7.05 Å². The van der Waals surface area contributed by atoms with Gasteiger partial charge >= 0.3 is 0 Å². The monoisotopic (exact) mass is 237 g/mol. The standard InChI is InChI=1S/C14H11N3O/c1-17-10-12(9-16-17)5-6-14(18)13-4-2-3-11(7-13)8-15/h2-7,9-10H,1H3/b6-5+. The number of hydrogen-bond donors (Lipinski definition) is 0. The van der Waals surface area contributed by atoms with Gasteiger partial charge in [-0.15, -0.1) is 0 Å². The Morgan fingerprint density at radius 2 is 2.33 bits per heavy atom. The summed E-state index contributed by atoms with van der Waals surface area (Å²) >= 11 is 0. The molecule has 4 heteroatoms. The lowest BCUT2D eigenvalue weighted by atomic mass is 10.1. The summed E-state index contributed by atoms with van der Waals surface area (Å²) < 4.78 is 1.67. The van der Waals surface area contributed by atoms with Crippen LogP contribution in [-0.2, 0) is 7.05 Å². The molecule has 0 N–H and O–H groups in total. The third-order valence-electron chi connectivity index (χ3n) is 2.43. The summed E-state index contributed by atoms with van der Waals surface area (Å²) in [5, 5.41) is 12.8. The number of aryl methyl sites for hydroxylation is 1. The van der Waals surface area contributed by atoms with Gasteiger partial charge in [0.1, 0.15) is 0 Å². The van der Waals surface area contributed by atoms with Gasteiger partial charge in [-0.25, -0.2) is 0 Å². The number of ketones is 1. The lowest BCUT2D eigenvalue weighted by Gasteiger charge is -1.95. The van der Waals surface area contributed by atoms with Crippen molar-refractivity contribution in [2.45, 2.75) is 0 Å². The minimum absolute atomic E-state index is 0.129. The lowest BCUT2D eigenvalue weighted by Crippen LogP contribution is -1.94. The van der Waals surface area contributed by atoms with Crippen molar-refractivity contribution in [2.75, 3.05) is 0 Å². The number of nitriles is 1. The van der Waals surface area contributed by atoms with E-state index in [-0.39, 0.29) is 5.78 Å². The Balaban J connectivity index is 2.17. The maximum atomic E-state index is 11.9. The van der Waals surface area contributed by atoms with E-state index in [0.717, 1.165) is 5.56 Å². The normalized spacial score (nSPS) is 10.4. The lowest BCUT2D eigenvalue weighted by molar-refractivity contribution is 0.104. The van der Waals surface area contributed by atoms with Gasteiger partial charge in [-0.2, -0.15) is 10.4 Å². The maximum Gasteiger partial charge on any atom is 0.185 e. The Kier molecular flexibility index (Phi) is 3.35. The largest absolute Gasteiger partial charge is 0.289 e. The highest BCUT2D eigenvalue weighted by atomic mass is 16.1. The van der Waals surface area contributed by atoms with Gasteiger partial charge in [0.2, 0.25) is 0 Å². The van der Waals surface area contributed by atoms with Crippen molar-refractivity contribution in [3.8, 4) is 6.07 Å². The second-order valence-corrected chi connectivity index (χ2v) is 3.84. The highest BCUT2D eigenvalue weighted by Crippen LogP contribution is 2.07. The first-order valence-electron chi connectivity index (χ1n) is 5.40. The average molecular weight is 237 g/mol. The third-order valence-corrected chi connectivity index (χ3v) is 2.43. The van der Waals surface area contributed by atoms with E-state index in [9.17, 15) is 4.79 Å². The number of carbonyl (C=O) groups excluding carboxylic acids is 1. The van der Waals surface area contributed by atoms with Gasteiger partial charge in [0.15, 0.2) is 5.78 Å². The van der Waals surface area contributed by atoms with Crippen LogP contribution in [0.3, 0.4) is 0 Å². The van der Waals surface area contributed by atoms with Crippen molar-refractivity contribution >= 4 is 11.9 Å². The molecule has 1 aromatic heterocycles. The molecule has 0 spiro atoms. The fourth-order valence-electron chi connectivity index (χ4n) is 1.54. The van der Waals surface area contributed by atoms with Gasteiger partial charge in [0.25, 0.3) is 0 Å². The van der Waals surface area contributed by atoms with Crippen LogP contribution in [0.4, 0.5) is 0 Å². The van der Waals surface area contributed by atoms with Crippen LogP contribution in [0, 0.1) is 11.3 Å². The summed E-state index contributed by atoms with van der Waals surface area (Å²) in [5.74, 6) is -0.129. The van der Waals surface area contributed by atoms with Gasteiger partial charge < -0.3 is 0 Å². The molecule has 18 heavy (non-hydrogen) atoms. The molecule has 0 unspecified atom stereocenters. The van der Waals surface area contributed by atoms with E-state index in [1.54, 1.807) is 41.2 Å². The molecule has 0 aliphatic heterocycles. The first kappa shape index (κ1) is 11.8. The minimum Gasteiger partial charge on any atom is -0.289 e. The molecule has 4 nitrogen and oxygen atoms in total. The molecular formula is C14H11N3O. The summed E-state index contributed by atoms with van der Waals surface area (Å²) in [7, 11) is 1.82. The van der Waals surface area contributed by atoms with Crippen LogP contribution in [0.2, 0.25) is 0 Å². The van der Waals surface area contributed by atoms with Crippen LogP contribution in [0.1, 0.15) is 21.5 Å². The molecule has 0 aliphatic carbocycles. The Morgan fingerprint density at radius 3 is 3.00 bits per heavy atom. The predicted octanol–water partition coefficient (Wildman–Crippen LogP) is 2.19. The summed E-state index contributed by atoms with van der Waals surface area (Å²) in [6.07, 6.45) is 6.67. The molecule has 2 aromatic rings. The number of rotatable bonds is 3. The quantitative estimate of drug-likeness (QED) is 0.607. The number of nitrogens with zero attached hydrogens (tertiary/aromatic N) is 3. The van der Waals surface area contributed by atoms with E-state index in [2.05, 4.69) is 5.10 Å². The molecule has 1 aromatic carbocycles. The van der Waals surface area contributed by atoms with Crippen molar-refractivity contribution in [3.63, 3.8) is 0 Å². The first-order valence-corrected chi connectivity index (χ1v) is 5.40. The second-order valence-electron chi connectivity index (χ2n) is 3.84. The van der Waals surface area contributed by atoms with Crippen molar-refractivity contribution < 1.29 is 4.79 Å². The molecule has 0 aliphatic rings. The Morgan fingerprint density at radius 1 is 1.50 bits per heavy atom. The molecule has 0 saturated heterocycles. The van der Waals surface area contributed by atoms with Crippen molar-refractivity contribution in [3.05, 3.63) is 59.4 Å². The third kappa shape index (κ3) is 2.71. The maximum absolute atomic E-state index is 11.9. The zero-order valence-corrected chi connectivity index (χ0v) is 9.87. The molecule has 2 rings (SSSR count). The van der Waals surface area contributed by atoms with Gasteiger partial charge in [-0.05, 0) is 24.3 Å². The fraction of sp³-hybridized carbons (Fsp3) is 0.0714. The van der Waals surface area contributed by atoms with Gasteiger partial charge in [0, 0.05) is 24.4 Å². The highest BCUT2D eigenvalue weighted by Gasteiger charge is 2.02. The van der Waals surface area contributed by atoms with Crippen LogP contribution in [-0.4, -0.2) is 15.6 Å². The van der Waals surface area contributed by atoms with Gasteiger partial charge in [-0.3, -0.25) is 9.48 Å². The van der Waals surface area contributed by atoms with Crippen molar-refractivity contribution in [1.29, 1.82) is 5.26 Å². The van der Waals surface area contributed by atoms with E-state index < -0.39 is 0 Å². The second kappa shape index (κ2) is 5.11. The summed E-state index contributed by atoms with van der Waals surface area (Å²) in [5.41, 5.74) is 1.85. The summed E-state index contributed by atoms with van der Waals surface area (Å²) in [6, 6.07) is 8.65. The van der Waals surface area contributed by atoms with E-state index in [0.29, 0.717) is 11.1 Å². The predicted molar refractivity (Wildman–Crippen MR) is 67.7 cm³/mol. The van der Waals surface area contributed by atoms with Crippen LogP contribution in [0.15, 0.2) is 42.7 Å². The molecule has 0 bridgehead atoms. The first-order chi connectivity index (χ1) is 8.69. The number of benzene rings is 1. The molecule has 88 valence electrons. The molecule has 0 atom stereocenters. The summed E-state index contributed by atoms with van der Waals surface area (Å²) in [6.45, 7) is 0. The van der Waals surface area contributed by atoms with Crippen LogP contribution in [0.25, 0.3) is 6.08 Å². The Labute approximate surface area is 105 Å². The SMILES string of the molecule is Cn1cc(/C=C/C(=O)c2cccc(C#N)c2)cn1. The number of carbonyl (C=O) groups is 1. The van der Waals surface area contributed by atoms with Crippen molar-refractivity contribution in [1.82, 2.24) is 9.78 Å². The van der Waals surface area contributed by atoms with Crippen LogP contribution >= 0.6 is 0 Å². The molecule has 0 amide bonds. The van der Waals surface area contributed by atoms with Crippen LogP contribution < -0.4 is 0 Å². The van der Waals surface area contributed by atoms with Crippen LogP contribution in [0.5, 0.6) is 0 Å². The van der Waals surface area contributed by atoms with E-state index in [4.69, 9.17) is 5.26 Å². The number of hydrogen-bond acceptors (Lipinski definition) is 3. The molecule has 0 saturated carbocycles. The number of aromatic nitrogens is 2. The fourth-order valence-corrected chi connectivity index (χ4v) is 1.54. The number of allylic oxidation sites excluding steroid dienone is 1. The minimum atomic E-state index is -0.129. The van der Waals surface area contributed by atoms with Gasteiger partial charge in [-0.1, -0.05) is 12.1 Å². The molecule has 1 heterocycles. The topological polar surface area (TPSA) is 58.7 Å². The smallest absolute Gasteiger partial charge is 0.185 e.